The van der Waals surface area contributed by atoms with Gasteiger partial charge in [0.1, 0.15) is 4.88 Å². The largest absolute Gasteiger partial charge is 0.371 e. The van der Waals surface area contributed by atoms with Gasteiger partial charge in [-0.3, -0.25) is 9.59 Å². The van der Waals surface area contributed by atoms with Crippen LogP contribution in [0.1, 0.15) is 47.1 Å². The van der Waals surface area contributed by atoms with E-state index in [4.69, 9.17) is 5.73 Å². The van der Waals surface area contributed by atoms with Crippen molar-refractivity contribution in [2.24, 2.45) is 17.6 Å². The van der Waals surface area contributed by atoms with Gasteiger partial charge in [0.05, 0.1) is 10.7 Å². The van der Waals surface area contributed by atoms with Crippen LogP contribution in [-0.2, 0) is 11.2 Å². The van der Waals surface area contributed by atoms with Crippen molar-refractivity contribution < 1.29 is 9.59 Å². The number of carbonyl (C=O) groups excluding carboxylic acids is 2. The summed E-state index contributed by atoms with van der Waals surface area (Å²) in [6.07, 6.45) is 2.47. The maximum Gasteiger partial charge on any atom is 0.267 e. The zero-order valence-electron chi connectivity index (χ0n) is 16.7. The van der Waals surface area contributed by atoms with Crippen LogP contribution in [0.4, 0.5) is 11.4 Å². The van der Waals surface area contributed by atoms with Gasteiger partial charge in [-0.15, -0.1) is 11.3 Å². The number of benzene rings is 1. The number of nitrogens with two attached hydrogens (primary N) is 1. The molecule has 1 aliphatic heterocycles. The van der Waals surface area contributed by atoms with Crippen molar-refractivity contribution in [2.75, 3.05) is 23.3 Å². The van der Waals surface area contributed by atoms with Gasteiger partial charge in [-0.1, -0.05) is 13.8 Å². The molecular weight excluding hydrogens is 372 g/mol. The summed E-state index contributed by atoms with van der Waals surface area (Å²) in [5.74, 6) is 0.188. The molecule has 0 aliphatic carbocycles. The molecule has 0 saturated carbocycles. The molecule has 3 N–H and O–H groups in total. The van der Waals surface area contributed by atoms with E-state index in [1.165, 1.54) is 11.3 Å². The molecule has 0 radical (unpaired) electrons. The molecule has 0 atom stereocenters. The topological polar surface area (TPSA) is 88.3 Å². The van der Waals surface area contributed by atoms with Crippen LogP contribution < -0.4 is 16.0 Å². The van der Waals surface area contributed by atoms with E-state index in [0.717, 1.165) is 54.4 Å². The summed E-state index contributed by atoms with van der Waals surface area (Å²) in [6.45, 7) is 7.81. The minimum Gasteiger partial charge on any atom is -0.371 e. The van der Waals surface area contributed by atoms with Crippen LogP contribution >= 0.6 is 11.3 Å². The second kappa shape index (κ2) is 8.73. The number of aryl methyl sites for hydroxylation is 1. The first-order valence-corrected chi connectivity index (χ1v) is 10.6. The monoisotopic (exact) mass is 400 g/mol. The van der Waals surface area contributed by atoms with Crippen LogP contribution in [0, 0.1) is 18.8 Å². The highest BCUT2D eigenvalue weighted by molar-refractivity contribution is 7.13. The summed E-state index contributed by atoms with van der Waals surface area (Å²) < 4.78 is 0. The zero-order chi connectivity index (χ0) is 20.3. The second-order valence-electron chi connectivity index (χ2n) is 7.78. The first kappa shape index (κ1) is 20.3. The Morgan fingerprint density at radius 2 is 1.89 bits per heavy atom. The fourth-order valence-electron chi connectivity index (χ4n) is 3.47. The van der Waals surface area contributed by atoms with Gasteiger partial charge in [0.15, 0.2) is 0 Å². The van der Waals surface area contributed by atoms with Gasteiger partial charge in [0.25, 0.3) is 5.91 Å². The molecule has 2 heterocycles. The summed E-state index contributed by atoms with van der Waals surface area (Å²) in [4.78, 5) is 31.4. The zero-order valence-corrected chi connectivity index (χ0v) is 17.5. The fourth-order valence-corrected chi connectivity index (χ4v) is 4.64. The van der Waals surface area contributed by atoms with Gasteiger partial charge >= 0.3 is 0 Å². The van der Waals surface area contributed by atoms with Crippen molar-refractivity contribution in [1.82, 2.24) is 4.98 Å². The molecule has 28 heavy (non-hydrogen) atoms. The first-order chi connectivity index (χ1) is 13.3. The number of nitrogens with zero attached hydrogens (tertiary/aromatic N) is 2. The molecule has 1 aromatic carbocycles. The average molecular weight is 401 g/mol. The summed E-state index contributed by atoms with van der Waals surface area (Å²) in [5, 5.41) is 3.98. The molecule has 1 fully saturated rings. The highest BCUT2D eigenvalue weighted by Crippen LogP contribution is 2.26. The van der Waals surface area contributed by atoms with Crippen molar-refractivity contribution in [3.63, 3.8) is 0 Å². The third-order valence-corrected chi connectivity index (χ3v) is 6.20. The van der Waals surface area contributed by atoms with Gasteiger partial charge < -0.3 is 16.0 Å². The molecule has 3 rings (SSSR count). The van der Waals surface area contributed by atoms with Gasteiger partial charge in [0, 0.05) is 36.8 Å². The molecule has 150 valence electrons. The van der Waals surface area contributed by atoms with Crippen molar-refractivity contribution in [1.29, 1.82) is 0 Å². The lowest BCUT2D eigenvalue weighted by Gasteiger charge is -2.32. The standard InChI is InChI=1S/C21H28N4O2S/c1-13(2)12-18-23-14(3)19(28-18)21(27)24-16-4-6-17(7-5-16)25-10-8-15(9-11-25)20(22)26/h4-7,13,15H,8-12H2,1-3H3,(H2,22,26)(H,24,27). The summed E-state index contributed by atoms with van der Waals surface area (Å²) in [7, 11) is 0. The summed E-state index contributed by atoms with van der Waals surface area (Å²) in [5.41, 5.74) is 8.04. The summed E-state index contributed by atoms with van der Waals surface area (Å²) >= 11 is 1.47. The Kier molecular flexibility index (Phi) is 6.34. The average Bonchev–Trinajstić information content (AvgIpc) is 3.02. The summed E-state index contributed by atoms with van der Waals surface area (Å²) in [6, 6.07) is 7.84. The predicted octanol–water partition coefficient (Wildman–Crippen LogP) is 3.60. The SMILES string of the molecule is Cc1nc(CC(C)C)sc1C(=O)Nc1ccc(N2CCC(C(N)=O)CC2)cc1. The minimum absolute atomic E-state index is 0.0157. The molecule has 2 amide bonds. The Bertz CT molecular complexity index is 837. The smallest absolute Gasteiger partial charge is 0.267 e. The highest BCUT2D eigenvalue weighted by Gasteiger charge is 2.23. The number of rotatable bonds is 6. The number of hydrogen-bond acceptors (Lipinski definition) is 5. The van der Waals surface area contributed by atoms with Gasteiger partial charge in [0.2, 0.25) is 5.91 Å². The maximum absolute atomic E-state index is 12.6. The highest BCUT2D eigenvalue weighted by atomic mass is 32.1. The number of hydrogen-bond donors (Lipinski definition) is 2. The molecule has 0 unspecified atom stereocenters. The molecule has 2 aromatic rings. The third kappa shape index (κ3) is 4.90. The third-order valence-electron chi connectivity index (χ3n) is 5.02. The minimum atomic E-state index is -0.201. The van der Waals surface area contributed by atoms with E-state index in [0.29, 0.717) is 10.8 Å². The Morgan fingerprint density at radius 1 is 1.25 bits per heavy atom. The van der Waals surface area contributed by atoms with Crippen molar-refractivity contribution in [3.8, 4) is 0 Å². The number of thiazole rings is 1. The number of carbonyl (C=O) groups is 2. The fraction of sp³-hybridized carbons (Fsp3) is 0.476. The Hall–Kier alpha value is -2.41. The maximum atomic E-state index is 12.6. The Balaban J connectivity index is 1.61. The van der Waals surface area contributed by atoms with E-state index < -0.39 is 0 Å². The van der Waals surface area contributed by atoms with Crippen molar-refractivity contribution in [3.05, 3.63) is 39.8 Å². The molecule has 7 heteroatoms. The molecule has 1 aromatic heterocycles. The van der Waals surface area contributed by atoms with Crippen LogP contribution in [0.3, 0.4) is 0 Å². The number of piperidine rings is 1. The number of aromatic nitrogens is 1. The molecule has 6 nitrogen and oxygen atoms in total. The van der Waals surface area contributed by atoms with E-state index in [1.807, 2.05) is 31.2 Å². The van der Waals surface area contributed by atoms with Gasteiger partial charge in [-0.25, -0.2) is 4.98 Å². The van der Waals surface area contributed by atoms with Gasteiger partial charge in [-0.05, 0) is 49.9 Å². The van der Waals surface area contributed by atoms with Crippen molar-refractivity contribution in [2.45, 2.75) is 40.0 Å². The molecule has 0 bridgehead atoms. The number of anilines is 2. The normalized spacial score (nSPS) is 15.1. The molecule has 1 aliphatic rings. The quantitative estimate of drug-likeness (QED) is 0.775. The first-order valence-electron chi connectivity index (χ1n) is 9.75. The van der Waals surface area contributed by atoms with Crippen LogP contribution in [0.15, 0.2) is 24.3 Å². The second-order valence-corrected chi connectivity index (χ2v) is 8.87. The number of primary amides is 1. The van der Waals surface area contributed by atoms with Crippen LogP contribution in [-0.4, -0.2) is 29.9 Å². The van der Waals surface area contributed by atoms with E-state index in [9.17, 15) is 9.59 Å². The molecule has 1 saturated heterocycles. The number of nitrogens with one attached hydrogen (secondary N) is 1. The van der Waals surface area contributed by atoms with Crippen molar-refractivity contribution >= 4 is 34.5 Å². The molecular formula is C21H28N4O2S. The predicted molar refractivity (Wildman–Crippen MR) is 114 cm³/mol. The molecule has 0 spiro atoms. The van der Waals surface area contributed by atoms with Crippen LogP contribution in [0.5, 0.6) is 0 Å². The van der Waals surface area contributed by atoms with Crippen LogP contribution in [0.2, 0.25) is 0 Å². The number of amides is 2. The lowest BCUT2D eigenvalue weighted by molar-refractivity contribution is -0.122. The van der Waals surface area contributed by atoms with E-state index in [-0.39, 0.29) is 17.7 Å². The Labute approximate surface area is 170 Å². The lowest BCUT2D eigenvalue weighted by atomic mass is 9.96. The van der Waals surface area contributed by atoms with E-state index in [2.05, 4.69) is 29.0 Å². The van der Waals surface area contributed by atoms with E-state index >= 15 is 0 Å². The lowest BCUT2D eigenvalue weighted by Crippen LogP contribution is -2.38. The van der Waals surface area contributed by atoms with Crippen LogP contribution in [0.25, 0.3) is 0 Å². The van der Waals surface area contributed by atoms with Gasteiger partial charge in [-0.2, -0.15) is 0 Å². The Morgan fingerprint density at radius 3 is 2.46 bits per heavy atom. The van der Waals surface area contributed by atoms with E-state index in [1.54, 1.807) is 0 Å².